The third kappa shape index (κ3) is 5.57. The van der Waals surface area contributed by atoms with Crippen LogP contribution in [0.5, 0.6) is 0 Å². The van der Waals surface area contributed by atoms with Crippen LogP contribution in [-0.4, -0.2) is 63.3 Å². The predicted molar refractivity (Wildman–Crippen MR) is 96.7 cm³/mol. The maximum Gasteiger partial charge on any atom is 0.308 e. The minimum Gasteiger partial charge on any atom is -0.469 e. The first-order chi connectivity index (χ1) is 10.2. The van der Waals surface area contributed by atoms with Gasteiger partial charge in [0.2, 0.25) is 0 Å². The molecule has 7 heteroatoms. The van der Waals surface area contributed by atoms with Crippen LogP contribution in [0.2, 0.25) is 0 Å². The van der Waals surface area contributed by atoms with Crippen molar-refractivity contribution in [2.45, 2.75) is 38.2 Å². The summed E-state index contributed by atoms with van der Waals surface area (Å²) in [6, 6.07) is 0. The number of ether oxygens (including phenoxy) is 2. The van der Waals surface area contributed by atoms with Gasteiger partial charge in [0.25, 0.3) is 0 Å². The number of esters is 1. The van der Waals surface area contributed by atoms with Crippen molar-refractivity contribution >= 4 is 35.9 Å². The summed E-state index contributed by atoms with van der Waals surface area (Å²) < 4.78 is 10.5. The molecule has 128 valence electrons. The number of hydrogen-bond acceptors (Lipinski definition) is 4. The molecule has 2 saturated heterocycles. The van der Waals surface area contributed by atoms with Crippen molar-refractivity contribution in [2.24, 2.45) is 10.9 Å². The van der Waals surface area contributed by atoms with Crippen LogP contribution in [0.4, 0.5) is 0 Å². The van der Waals surface area contributed by atoms with Gasteiger partial charge in [0.15, 0.2) is 5.96 Å². The smallest absolute Gasteiger partial charge is 0.308 e. The molecular weight excluding hydrogens is 397 g/mol. The normalized spacial score (nSPS) is 23.6. The van der Waals surface area contributed by atoms with Gasteiger partial charge in [-0.15, -0.1) is 24.0 Å². The first kappa shape index (κ1) is 19.5. The number of halogens is 1. The lowest BCUT2D eigenvalue weighted by atomic mass is 9.97. The molecule has 1 N–H and O–H groups in total. The average Bonchev–Trinajstić information content (AvgIpc) is 2.56. The Morgan fingerprint density at radius 3 is 2.59 bits per heavy atom. The number of guanidine groups is 1. The average molecular weight is 425 g/mol. The van der Waals surface area contributed by atoms with E-state index in [-0.39, 0.29) is 35.9 Å². The van der Waals surface area contributed by atoms with Gasteiger partial charge in [-0.05, 0) is 32.1 Å². The number of likely N-dealkylation sites (tertiary alicyclic amines) is 1. The van der Waals surface area contributed by atoms with Crippen molar-refractivity contribution in [3.63, 3.8) is 0 Å². The topological polar surface area (TPSA) is 63.2 Å². The van der Waals surface area contributed by atoms with Crippen molar-refractivity contribution < 1.29 is 14.3 Å². The van der Waals surface area contributed by atoms with E-state index in [1.807, 2.05) is 0 Å². The van der Waals surface area contributed by atoms with E-state index in [4.69, 9.17) is 9.47 Å². The Balaban J connectivity index is 0.00000242. The summed E-state index contributed by atoms with van der Waals surface area (Å²) in [4.78, 5) is 18.1. The molecular formula is C15H28IN3O3. The van der Waals surface area contributed by atoms with E-state index in [0.29, 0.717) is 6.10 Å². The molecule has 2 aliphatic heterocycles. The molecule has 0 amide bonds. The lowest BCUT2D eigenvalue weighted by molar-refractivity contribution is -0.146. The molecule has 1 unspecified atom stereocenters. The second-order valence-corrected chi connectivity index (χ2v) is 5.70. The lowest BCUT2D eigenvalue weighted by Crippen LogP contribution is -2.48. The highest BCUT2D eigenvalue weighted by atomic mass is 127. The summed E-state index contributed by atoms with van der Waals surface area (Å²) in [6.07, 6.45) is 5.49. The van der Waals surface area contributed by atoms with E-state index in [1.54, 1.807) is 7.05 Å². The van der Waals surface area contributed by atoms with Crippen LogP contribution in [0.15, 0.2) is 4.99 Å². The van der Waals surface area contributed by atoms with E-state index in [0.717, 1.165) is 51.5 Å². The van der Waals surface area contributed by atoms with E-state index >= 15 is 0 Å². The van der Waals surface area contributed by atoms with Crippen molar-refractivity contribution in [1.29, 1.82) is 0 Å². The standard InChI is InChI=1S/C15H27N3O3.HI/c1-16-15(17-11-13-5-3-4-10-21-13)18-8-6-12(7-9-18)14(19)20-2;/h12-13H,3-11H2,1-2H3,(H,16,17);1H. The summed E-state index contributed by atoms with van der Waals surface area (Å²) in [5.41, 5.74) is 0. The second kappa shape index (κ2) is 10.3. The fraction of sp³-hybridized carbons (Fsp3) is 0.867. The Labute approximate surface area is 150 Å². The predicted octanol–water partition coefficient (Wildman–Crippen LogP) is 1.63. The molecule has 0 aromatic rings. The second-order valence-electron chi connectivity index (χ2n) is 5.70. The van der Waals surface area contributed by atoms with Gasteiger partial charge in [-0.1, -0.05) is 0 Å². The zero-order chi connectivity index (χ0) is 15.1. The maximum atomic E-state index is 11.5. The third-order valence-corrected chi connectivity index (χ3v) is 4.30. The number of aliphatic imine (C=N–C) groups is 1. The molecule has 2 fully saturated rings. The first-order valence-corrected chi connectivity index (χ1v) is 7.89. The summed E-state index contributed by atoms with van der Waals surface area (Å²) in [5.74, 6) is 0.853. The number of carbonyl (C=O) groups excluding carboxylic acids is 1. The minimum absolute atomic E-state index is 0. The van der Waals surface area contributed by atoms with Crippen LogP contribution >= 0.6 is 24.0 Å². The molecule has 2 heterocycles. The van der Waals surface area contributed by atoms with Gasteiger partial charge in [-0.25, -0.2) is 0 Å². The summed E-state index contributed by atoms with van der Waals surface area (Å²) in [5, 5.41) is 3.40. The van der Waals surface area contributed by atoms with Gasteiger partial charge in [0, 0.05) is 33.3 Å². The summed E-state index contributed by atoms with van der Waals surface area (Å²) in [7, 11) is 3.26. The van der Waals surface area contributed by atoms with Crippen LogP contribution in [0, 0.1) is 5.92 Å². The molecule has 2 rings (SSSR count). The van der Waals surface area contributed by atoms with Gasteiger partial charge in [-0.3, -0.25) is 9.79 Å². The highest BCUT2D eigenvalue weighted by Gasteiger charge is 2.27. The Morgan fingerprint density at radius 1 is 1.32 bits per heavy atom. The van der Waals surface area contributed by atoms with E-state index < -0.39 is 0 Å². The van der Waals surface area contributed by atoms with Gasteiger partial charge in [0.1, 0.15) is 0 Å². The highest BCUT2D eigenvalue weighted by molar-refractivity contribution is 14.0. The Morgan fingerprint density at radius 2 is 2.05 bits per heavy atom. The fourth-order valence-electron chi connectivity index (χ4n) is 3.00. The lowest BCUT2D eigenvalue weighted by Gasteiger charge is -2.34. The number of nitrogens with zero attached hydrogens (tertiary/aromatic N) is 2. The molecule has 0 saturated carbocycles. The monoisotopic (exact) mass is 425 g/mol. The molecule has 2 aliphatic rings. The fourth-order valence-corrected chi connectivity index (χ4v) is 3.00. The summed E-state index contributed by atoms with van der Waals surface area (Å²) in [6.45, 7) is 3.36. The van der Waals surface area contributed by atoms with Crippen LogP contribution < -0.4 is 5.32 Å². The molecule has 6 nitrogen and oxygen atoms in total. The number of carbonyl (C=O) groups is 1. The Bertz CT molecular complexity index is 365. The van der Waals surface area contributed by atoms with Crippen LogP contribution in [0.3, 0.4) is 0 Å². The molecule has 0 bridgehead atoms. The number of rotatable bonds is 3. The van der Waals surface area contributed by atoms with Crippen molar-refractivity contribution in [1.82, 2.24) is 10.2 Å². The third-order valence-electron chi connectivity index (χ3n) is 4.30. The molecule has 0 radical (unpaired) electrons. The highest BCUT2D eigenvalue weighted by Crippen LogP contribution is 2.18. The number of methoxy groups -OCH3 is 1. The zero-order valence-corrected chi connectivity index (χ0v) is 15.9. The van der Waals surface area contributed by atoms with E-state index in [2.05, 4.69) is 15.2 Å². The summed E-state index contributed by atoms with van der Waals surface area (Å²) >= 11 is 0. The first-order valence-electron chi connectivity index (χ1n) is 7.89. The molecule has 0 aromatic carbocycles. The molecule has 0 aliphatic carbocycles. The molecule has 0 spiro atoms. The number of hydrogen-bond donors (Lipinski definition) is 1. The van der Waals surface area contributed by atoms with Crippen LogP contribution in [0.25, 0.3) is 0 Å². The van der Waals surface area contributed by atoms with Crippen molar-refractivity contribution in [3.8, 4) is 0 Å². The quantitative estimate of drug-likeness (QED) is 0.323. The van der Waals surface area contributed by atoms with Gasteiger partial charge in [0.05, 0.1) is 19.1 Å². The van der Waals surface area contributed by atoms with E-state index in [1.165, 1.54) is 20.0 Å². The van der Waals surface area contributed by atoms with Gasteiger partial charge < -0.3 is 19.7 Å². The SMILES string of the molecule is CN=C(NCC1CCCCO1)N1CCC(C(=O)OC)CC1.I. The maximum absolute atomic E-state index is 11.5. The molecule has 0 aromatic heterocycles. The van der Waals surface area contributed by atoms with Crippen LogP contribution in [-0.2, 0) is 14.3 Å². The zero-order valence-electron chi connectivity index (χ0n) is 13.5. The number of nitrogens with one attached hydrogen (secondary N) is 1. The van der Waals surface area contributed by atoms with Crippen molar-refractivity contribution in [3.05, 3.63) is 0 Å². The van der Waals surface area contributed by atoms with Gasteiger partial charge >= 0.3 is 5.97 Å². The largest absolute Gasteiger partial charge is 0.469 e. The minimum atomic E-state index is -0.0896. The Kier molecular flexibility index (Phi) is 9.08. The van der Waals surface area contributed by atoms with E-state index in [9.17, 15) is 4.79 Å². The van der Waals surface area contributed by atoms with Gasteiger partial charge in [-0.2, -0.15) is 0 Å². The van der Waals surface area contributed by atoms with Crippen LogP contribution in [0.1, 0.15) is 32.1 Å². The Hall–Kier alpha value is -0.570. The molecule has 22 heavy (non-hydrogen) atoms. The number of piperidine rings is 1. The molecule has 1 atom stereocenters. The van der Waals surface area contributed by atoms with Crippen molar-refractivity contribution in [2.75, 3.05) is 40.4 Å².